The Hall–Kier alpha value is -2.02. The van der Waals surface area contributed by atoms with Crippen LogP contribution in [0.3, 0.4) is 0 Å². The van der Waals surface area contributed by atoms with Gasteiger partial charge in [0, 0.05) is 5.38 Å². The fourth-order valence-electron chi connectivity index (χ4n) is 2.47. The fraction of sp³-hybridized carbons (Fsp3) is 0.235. The highest BCUT2D eigenvalue weighted by molar-refractivity contribution is 7.92. The van der Waals surface area contributed by atoms with E-state index in [1.54, 1.807) is 5.38 Å². The predicted molar refractivity (Wildman–Crippen MR) is 110 cm³/mol. The molecule has 1 aromatic carbocycles. The number of hydrogen-bond acceptors (Lipinski definition) is 7. The second kappa shape index (κ2) is 8.61. The van der Waals surface area contributed by atoms with Crippen molar-refractivity contribution in [3.63, 3.8) is 0 Å². The Morgan fingerprint density at radius 3 is 2.47 bits per heavy atom. The smallest absolute Gasteiger partial charge is 0.302 e. The number of nitrogens with zero attached hydrogens (tertiary/aromatic N) is 2. The van der Waals surface area contributed by atoms with Crippen molar-refractivity contribution in [3.8, 4) is 10.6 Å². The van der Waals surface area contributed by atoms with Gasteiger partial charge in [0.1, 0.15) is 0 Å². The number of sulfone groups is 1. The number of alkyl halides is 4. The topological polar surface area (TPSA) is 89.0 Å². The minimum absolute atomic E-state index is 0.159. The molecule has 2 heterocycles. The molecular weight excluding hydrogens is 483 g/mol. The summed E-state index contributed by atoms with van der Waals surface area (Å²) >= 11 is 8.54. The highest BCUT2D eigenvalue weighted by Crippen LogP contribution is 2.33. The van der Waals surface area contributed by atoms with Crippen LogP contribution in [0.15, 0.2) is 34.5 Å². The van der Waals surface area contributed by atoms with Crippen LogP contribution in [0.1, 0.15) is 16.3 Å². The molecule has 0 aliphatic heterocycles. The van der Waals surface area contributed by atoms with E-state index in [-0.39, 0.29) is 12.3 Å². The van der Waals surface area contributed by atoms with Crippen molar-refractivity contribution in [2.45, 2.75) is 29.6 Å². The van der Waals surface area contributed by atoms with E-state index in [4.69, 9.17) is 11.6 Å². The van der Waals surface area contributed by atoms with Crippen molar-refractivity contribution in [2.75, 3.05) is 5.32 Å². The maximum absolute atomic E-state index is 12.6. The van der Waals surface area contributed by atoms with E-state index in [2.05, 4.69) is 15.3 Å². The Kier molecular flexibility index (Phi) is 6.51. The molecule has 0 aliphatic rings. The average Bonchev–Trinajstić information content (AvgIpc) is 3.27. The summed E-state index contributed by atoms with van der Waals surface area (Å²) in [6.07, 6.45) is -0.159. The van der Waals surface area contributed by atoms with Crippen LogP contribution in [0.4, 0.5) is 18.3 Å². The molecule has 0 spiro atoms. The molecule has 0 fully saturated rings. The average molecular weight is 496 g/mol. The number of halogens is 4. The van der Waals surface area contributed by atoms with E-state index >= 15 is 0 Å². The van der Waals surface area contributed by atoms with Gasteiger partial charge >= 0.3 is 5.51 Å². The standard InChI is InChI=1S/C17H13ClF3N3O3S3/c1-9-22-12(7-18)15(29-9)13-8-28-16(23-13)24-14(25)6-10-2-4-11(5-3-10)30(26,27)17(19,20)21/h2-5,8H,6-7H2,1H3,(H,23,24,25). The normalized spacial score (nSPS) is 12.2. The third kappa shape index (κ3) is 4.82. The molecule has 2 aromatic heterocycles. The van der Waals surface area contributed by atoms with E-state index in [0.717, 1.165) is 22.0 Å². The summed E-state index contributed by atoms with van der Waals surface area (Å²) in [5.74, 6) is -0.209. The van der Waals surface area contributed by atoms with E-state index in [0.29, 0.717) is 22.1 Å². The second-order valence-electron chi connectivity index (χ2n) is 6.00. The number of nitrogens with one attached hydrogen (secondary N) is 1. The van der Waals surface area contributed by atoms with Crippen LogP contribution in [-0.2, 0) is 26.9 Å². The molecule has 0 saturated heterocycles. The van der Waals surface area contributed by atoms with Crippen molar-refractivity contribution in [1.82, 2.24) is 9.97 Å². The van der Waals surface area contributed by atoms with Gasteiger partial charge in [-0.25, -0.2) is 18.4 Å². The highest BCUT2D eigenvalue weighted by Gasteiger charge is 2.46. The van der Waals surface area contributed by atoms with Crippen LogP contribution in [-0.4, -0.2) is 29.8 Å². The third-order valence-corrected chi connectivity index (χ3v) is 7.37. The minimum Gasteiger partial charge on any atom is -0.302 e. The largest absolute Gasteiger partial charge is 0.501 e. The number of aromatic nitrogens is 2. The summed E-state index contributed by atoms with van der Waals surface area (Å²) in [6, 6.07) is 3.98. The Morgan fingerprint density at radius 1 is 1.20 bits per heavy atom. The van der Waals surface area contributed by atoms with E-state index in [1.165, 1.54) is 34.8 Å². The zero-order chi connectivity index (χ0) is 22.1. The van der Waals surface area contributed by atoms with Gasteiger partial charge in [-0.05, 0) is 24.6 Å². The molecule has 0 unspecified atom stereocenters. The van der Waals surface area contributed by atoms with E-state index in [9.17, 15) is 26.4 Å². The molecule has 1 amide bonds. The molecule has 6 nitrogen and oxygen atoms in total. The maximum Gasteiger partial charge on any atom is 0.501 e. The lowest BCUT2D eigenvalue weighted by molar-refractivity contribution is -0.115. The van der Waals surface area contributed by atoms with Crippen molar-refractivity contribution < 1.29 is 26.4 Å². The zero-order valence-electron chi connectivity index (χ0n) is 15.2. The number of carbonyl (C=O) groups is 1. The number of hydrogen-bond donors (Lipinski definition) is 1. The summed E-state index contributed by atoms with van der Waals surface area (Å²) in [4.78, 5) is 20.8. The van der Waals surface area contributed by atoms with Crippen LogP contribution >= 0.6 is 34.3 Å². The van der Waals surface area contributed by atoms with Gasteiger partial charge in [0.15, 0.2) is 5.13 Å². The molecule has 0 bridgehead atoms. The van der Waals surface area contributed by atoms with Gasteiger partial charge < -0.3 is 5.32 Å². The first-order valence-electron chi connectivity index (χ1n) is 8.19. The predicted octanol–water partition coefficient (Wildman–Crippen LogP) is 4.79. The molecule has 0 saturated carbocycles. The SMILES string of the molecule is Cc1nc(CCl)c(-c2csc(NC(=O)Cc3ccc(S(=O)(=O)C(F)(F)F)cc3)n2)s1. The summed E-state index contributed by atoms with van der Waals surface area (Å²) in [5.41, 5.74) is -3.68. The summed E-state index contributed by atoms with van der Waals surface area (Å²) < 4.78 is 60.5. The highest BCUT2D eigenvalue weighted by atomic mass is 35.5. The molecule has 3 aromatic rings. The number of thiazole rings is 2. The Morgan fingerprint density at radius 2 is 1.87 bits per heavy atom. The lowest BCUT2D eigenvalue weighted by atomic mass is 10.1. The van der Waals surface area contributed by atoms with Crippen molar-refractivity contribution in [1.29, 1.82) is 0 Å². The van der Waals surface area contributed by atoms with Crippen molar-refractivity contribution >= 4 is 55.2 Å². The molecule has 0 radical (unpaired) electrons. The number of rotatable bonds is 6. The zero-order valence-corrected chi connectivity index (χ0v) is 18.4. The van der Waals surface area contributed by atoms with Crippen LogP contribution in [0, 0.1) is 6.92 Å². The molecule has 3 rings (SSSR count). The quantitative estimate of drug-likeness (QED) is 0.497. The van der Waals surface area contributed by atoms with Crippen molar-refractivity contribution in [2.24, 2.45) is 0 Å². The molecule has 1 N–H and O–H groups in total. The fourth-order valence-corrected chi connectivity index (χ4v) is 5.19. The van der Waals surface area contributed by atoms with Gasteiger partial charge in [-0.15, -0.1) is 34.3 Å². The maximum atomic E-state index is 12.6. The van der Waals surface area contributed by atoms with Crippen LogP contribution in [0.2, 0.25) is 0 Å². The van der Waals surface area contributed by atoms with Gasteiger partial charge in [-0.1, -0.05) is 12.1 Å². The molecule has 30 heavy (non-hydrogen) atoms. The monoisotopic (exact) mass is 495 g/mol. The van der Waals surface area contributed by atoms with Crippen LogP contribution in [0.5, 0.6) is 0 Å². The first-order valence-corrected chi connectivity index (χ1v) is 11.9. The van der Waals surface area contributed by atoms with Gasteiger partial charge in [-0.2, -0.15) is 13.2 Å². The van der Waals surface area contributed by atoms with Gasteiger partial charge in [-0.3, -0.25) is 4.79 Å². The van der Waals surface area contributed by atoms with Gasteiger partial charge in [0.25, 0.3) is 9.84 Å². The lowest BCUT2D eigenvalue weighted by Gasteiger charge is -2.08. The number of aryl methyl sites for hydroxylation is 1. The molecular formula is C17H13ClF3N3O3S3. The lowest BCUT2D eigenvalue weighted by Crippen LogP contribution is -2.23. The summed E-state index contributed by atoms with van der Waals surface area (Å²) in [5, 5.41) is 5.56. The minimum atomic E-state index is -5.42. The first kappa shape index (κ1) is 22.7. The van der Waals surface area contributed by atoms with Gasteiger partial charge in [0.2, 0.25) is 5.91 Å². The second-order valence-corrected chi connectivity index (χ2v) is 10.3. The number of amides is 1. The Balaban J connectivity index is 1.67. The first-order chi connectivity index (χ1) is 14.0. The summed E-state index contributed by atoms with van der Waals surface area (Å²) in [6.45, 7) is 1.85. The Bertz CT molecular complexity index is 1170. The van der Waals surface area contributed by atoms with Crippen LogP contribution in [0.25, 0.3) is 10.6 Å². The molecule has 0 atom stereocenters. The van der Waals surface area contributed by atoms with Crippen LogP contribution < -0.4 is 5.32 Å². The molecule has 160 valence electrons. The van der Waals surface area contributed by atoms with Crippen molar-refractivity contribution in [3.05, 3.63) is 45.9 Å². The molecule has 0 aliphatic carbocycles. The third-order valence-electron chi connectivity index (χ3n) is 3.82. The van der Waals surface area contributed by atoms with E-state index < -0.39 is 26.1 Å². The number of anilines is 1. The van der Waals surface area contributed by atoms with Gasteiger partial charge in [0.05, 0.1) is 38.5 Å². The number of carbonyl (C=O) groups excluding carboxylic acids is 1. The number of benzene rings is 1. The summed E-state index contributed by atoms with van der Waals surface area (Å²) in [7, 11) is -5.42. The molecule has 13 heteroatoms. The van der Waals surface area contributed by atoms with E-state index in [1.807, 2.05) is 6.92 Å². The Labute approximate surface area is 182 Å².